The lowest BCUT2D eigenvalue weighted by Crippen LogP contribution is -2.29. The maximum atomic E-state index is 13.6. The molecule has 1 heterocycles. The van der Waals surface area contributed by atoms with E-state index in [1.807, 2.05) is 25.2 Å². The Kier molecular flexibility index (Phi) is 4.46. The second kappa shape index (κ2) is 6.11. The standard InChI is InChI=1S/C14H18F2N4/c1-19(7-10-6-18-20(2)8-10)9-14(17)12-4-3-11(15)5-13(12)16/h3-6,8,14H,7,9,17H2,1-2H3. The molecular weight excluding hydrogens is 262 g/mol. The third-order valence-electron chi connectivity index (χ3n) is 3.08. The molecule has 6 heteroatoms. The van der Waals surface area contributed by atoms with Gasteiger partial charge in [0.05, 0.1) is 6.20 Å². The number of benzene rings is 1. The molecular formula is C14H18F2N4. The molecule has 0 aliphatic heterocycles. The van der Waals surface area contributed by atoms with E-state index in [1.54, 1.807) is 10.9 Å². The third-order valence-corrected chi connectivity index (χ3v) is 3.08. The molecule has 1 unspecified atom stereocenters. The lowest BCUT2D eigenvalue weighted by atomic mass is 10.1. The Hall–Kier alpha value is -1.79. The molecule has 0 aliphatic carbocycles. The van der Waals surface area contributed by atoms with Gasteiger partial charge in [0.15, 0.2) is 0 Å². The highest BCUT2D eigenvalue weighted by Gasteiger charge is 2.14. The number of halogens is 2. The summed E-state index contributed by atoms with van der Waals surface area (Å²) in [6.45, 7) is 1.14. The van der Waals surface area contributed by atoms with Crippen LogP contribution in [0.15, 0.2) is 30.6 Å². The van der Waals surface area contributed by atoms with E-state index in [-0.39, 0.29) is 0 Å². The average molecular weight is 280 g/mol. The Bertz CT molecular complexity index is 582. The van der Waals surface area contributed by atoms with Crippen molar-refractivity contribution in [3.05, 3.63) is 53.4 Å². The summed E-state index contributed by atoms with van der Waals surface area (Å²) in [5.74, 6) is -1.20. The maximum Gasteiger partial charge on any atom is 0.130 e. The maximum absolute atomic E-state index is 13.6. The second-order valence-electron chi connectivity index (χ2n) is 4.99. The van der Waals surface area contributed by atoms with Crippen LogP contribution in [0.4, 0.5) is 8.78 Å². The van der Waals surface area contributed by atoms with Gasteiger partial charge in [-0.2, -0.15) is 5.10 Å². The minimum absolute atomic E-state index is 0.324. The highest BCUT2D eigenvalue weighted by Crippen LogP contribution is 2.17. The van der Waals surface area contributed by atoms with Crippen molar-refractivity contribution in [1.29, 1.82) is 0 Å². The van der Waals surface area contributed by atoms with Gasteiger partial charge in [0, 0.05) is 49.6 Å². The van der Waals surface area contributed by atoms with Crippen LogP contribution < -0.4 is 5.73 Å². The summed E-state index contributed by atoms with van der Waals surface area (Å²) >= 11 is 0. The van der Waals surface area contributed by atoms with Crippen LogP contribution in [0.2, 0.25) is 0 Å². The average Bonchev–Trinajstić information content (AvgIpc) is 2.74. The van der Waals surface area contributed by atoms with Gasteiger partial charge in [0.25, 0.3) is 0 Å². The summed E-state index contributed by atoms with van der Waals surface area (Å²) in [7, 11) is 3.75. The van der Waals surface area contributed by atoms with Crippen molar-refractivity contribution in [3.8, 4) is 0 Å². The minimum Gasteiger partial charge on any atom is -0.323 e. The zero-order valence-corrected chi connectivity index (χ0v) is 11.6. The Balaban J connectivity index is 1.98. The highest BCUT2D eigenvalue weighted by molar-refractivity contribution is 5.22. The van der Waals surface area contributed by atoms with Crippen LogP contribution in [-0.4, -0.2) is 28.3 Å². The first kappa shape index (κ1) is 14.6. The zero-order valence-electron chi connectivity index (χ0n) is 11.6. The van der Waals surface area contributed by atoms with Crippen LogP contribution in [-0.2, 0) is 13.6 Å². The fourth-order valence-electron chi connectivity index (χ4n) is 2.17. The smallest absolute Gasteiger partial charge is 0.130 e. The fourth-order valence-corrected chi connectivity index (χ4v) is 2.17. The van der Waals surface area contributed by atoms with E-state index in [9.17, 15) is 8.78 Å². The summed E-state index contributed by atoms with van der Waals surface area (Å²) in [5.41, 5.74) is 7.36. The zero-order chi connectivity index (χ0) is 14.7. The van der Waals surface area contributed by atoms with Crippen molar-refractivity contribution in [2.75, 3.05) is 13.6 Å². The second-order valence-corrected chi connectivity index (χ2v) is 4.99. The predicted molar refractivity (Wildman–Crippen MR) is 72.8 cm³/mol. The van der Waals surface area contributed by atoms with Gasteiger partial charge >= 0.3 is 0 Å². The molecule has 108 valence electrons. The monoisotopic (exact) mass is 280 g/mol. The molecule has 0 bridgehead atoms. The first-order chi connectivity index (χ1) is 9.45. The SMILES string of the molecule is CN(Cc1cnn(C)c1)CC(N)c1ccc(F)cc1F. The van der Waals surface area contributed by atoms with E-state index >= 15 is 0 Å². The van der Waals surface area contributed by atoms with E-state index in [2.05, 4.69) is 5.10 Å². The molecule has 2 N–H and O–H groups in total. The summed E-state index contributed by atoms with van der Waals surface area (Å²) in [6.07, 6.45) is 3.70. The van der Waals surface area contributed by atoms with Crippen molar-refractivity contribution < 1.29 is 8.78 Å². The van der Waals surface area contributed by atoms with Crippen LogP contribution in [0, 0.1) is 11.6 Å². The number of nitrogens with two attached hydrogens (primary N) is 1. The molecule has 1 aromatic carbocycles. The summed E-state index contributed by atoms with van der Waals surface area (Å²) in [5, 5.41) is 4.09. The number of hydrogen-bond acceptors (Lipinski definition) is 3. The largest absolute Gasteiger partial charge is 0.323 e. The van der Waals surface area contributed by atoms with Crippen molar-refractivity contribution >= 4 is 0 Å². The van der Waals surface area contributed by atoms with Crippen molar-refractivity contribution in [3.63, 3.8) is 0 Å². The third kappa shape index (κ3) is 3.61. The molecule has 0 saturated carbocycles. The Labute approximate surface area is 116 Å². The first-order valence-electron chi connectivity index (χ1n) is 6.32. The number of rotatable bonds is 5. The molecule has 2 rings (SSSR count). The number of aromatic nitrogens is 2. The first-order valence-corrected chi connectivity index (χ1v) is 6.32. The molecule has 0 radical (unpaired) electrons. The normalized spacial score (nSPS) is 12.9. The lowest BCUT2D eigenvalue weighted by molar-refractivity contribution is 0.302. The van der Waals surface area contributed by atoms with Crippen LogP contribution in [0.1, 0.15) is 17.2 Å². The van der Waals surface area contributed by atoms with Gasteiger partial charge in [-0.3, -0.25) is 4.68 Å². The van der Waals surface area contributed by atoms with Crippen molar-refractivity contribution in [2.24, 2.45) is 12.8 Å². The van der Waals surface area contributed by atoms with Crippen LogP contribution in [0.25, 0.3) is 0 Å². The molecule has 0 spiro atoms. The van der Waals surface area contributed by atoms with Crippen LogP contribution in [0.5, 0.6) is 0 Å². The van der Waals surface area contributed by atoms with Gasteiger partial charge < -0.3 is 10.6 Å². The van der Waals surface area contributed by atoms with Crippen LogP contribution >= 0.6 is 0 Å². The molecule has 4 nitrogen and oxygen atoms in total. The molecule has 0 amide bonds. The van der Waals surface area contributed by atoms with E-state index < -0.39 is 17.7 Å². The summed E-state index contributed by atoms with van der Waals surface area (Å²) < 4.78 is 28.2. The summed E-state index contributed by atoms with van der Waals surface area (Å²) in [6, 6.07) is 2.97. The van der Waals surface area contributed by atoms with E-state index in [0.717, 1.165) is 11.6 Å². The lowest BCUT2D eigenvalue weighted by Gasteiger charge is -2.21. The molecule has 0 fully saturated rings. The number of nitrogens with zero attached hydrogens (tertiary/aromatic N) is 3. The summed E-state index contributed by atoms with van der Waals surface area (Å²) in [4.78, 5) is 1.98. The van der Waals surface area contributed by atoms with Gasteiger partial charge in [-0.15, -0.1) is 0 Å². The van der Waals surface area contributed by atoms with Crippen LogP contribution in [0.3, 0.4) is 0 Å². The van der Waals surface area contributed by atoms with Gasteiger partial charge in [0.1, 0.15) is 11.6 Å². The minimum atomic E-state index is -0.604. The van der Waals surface area contributed by atoms with Gasteiger partial charge in [-0.05, 0) is 13.1 Å². The van der Waals surface area contributed by atoms with Gasteiger partial charge in [-0.25, -0.2) is 8.78 Å². The quantitative estimate of drug-likeness (QED) is 0.909. The highest BCUT2D eigenvalue weighted by atomic mass is 19.1. The van der Waals surface area contributed by atoms with Crippen molar-refractivity contribution in [1.82, 2.24) is 14.7 Å². The number of aryl methyl sites for hydroxylation is 1. The Morgan fingerprint density at radius 3 is 2.75 bits per heavy atom. The Morgan fingerprint density at radius 2 is 2.15 bits per heavy atom. The van der Waals surface area contributed by atoms with Crippen molar-refractivity contribution in [2.45, 2.75) is 12.6 Å². The topological polar surface area (TPSA) is 47.1 Å². The Morgan fingerprint density at radius 1 is 1.40 bits per heavy atom. The predicted octanol–water partition coefficient (Wildman–Crippen LogP) is 1.83. The molecule has 0 saturated heterocycles. The molecule has 2 aromatic rings. The molecule has 20 heavy (non-hydrogen) atoms. The van der Waals surface area contributed by atoms with Gasteiger partial charge in [0.2, 0.25) is 0 Å². The fraction of sp³-hybridized carbons (Fsp3) is 0.357. The van der Waals surface area contributed by atoms with E-state index in [4.69, 9.17) is 5.73 Å². The molecule has 1 aromatic heterocycles. The number of likely N-dealkylation sites (N-methyl/N-ethyl adjacent to an activating group) is 1. The van der Waals surface area contributed by atoms with Gasteiger partial charge in [-0.1, -0.05) is 6.07 Å². The molecule has 1 atom stereocenters. The van der Waals surface area contributed by atoms with E-state index in [0.29, 0.717) is 18.7 Å². The number of hydrogen-bond donors (Lipinski definition) is 1. The molecule has 0 aliphatic rings. The van der Waals surface area contributed by atoms with E-state index in [1.165, 1.54) is 12.1 Å².